The van der Waals surface area contributed by atoms with Crippen LogP contribution in [0.5, 0.6) is 0 Å². The Hall–Kier alpha value is -1.53. The van der Waals surface area contributed by atoms with Crippen LogP contribution in [-0.2, 0) is 15.9 Å². The normalized spacial score (nSPS) is 11.8. The van der Waals surface area contributed by atoms with Crippen LogP contribution >= 0.6 is 0 Å². The third kappa shape index (κ3) is 2.24. The molecule has 2 N–H and O–H groups in total. The van der Waals surface area contributed by atoms with Crippen LogP contribution in [0.2, 0.25) is 0 Å². The maximum absolute atomic E-state index is 11.2. The maximum Gasteiger partial charge on any atom is 0.258 e. The van der Waals surface area contributed by atoms with Crippen molar-refractivity contribution in [1.29, 1.82) is 0 Å². The lowest BCUT2D eigenvalue weighted by molar-refractivity contribution is -0.108. The molecule has 0 radical (unpaired) electrons. The first-order valence-corrected chi connectivity index (χ1v) is 4.72. The summed E-state index contributed by atoms with van der Waals surface area (Å²) in [5, 5.41) is 1.89. The molecule has 2 amide bonds. The fourth-order valence-corrected chi connectivity index (χ4v) is 1.48. The van der Waals surface area contributed by atoms with Crippen molar-refractivity contribution >= 4 is 23.4 Å². The number of hydrogen-bond donors (Lipinski definition) is 2. The zero-order chi connectivity index (χ0) is 10.6. The van der Waals surface area contributed by atoms with Gasteiger partial charge in [0.1, 0.15) is 0 Å². The molecule has 0 spiro atoms. The molecule has 0 heterocycles. The highest BCUT2D eigenvalue weighted by Gasteiger charge is 2.13. The quantitative estimate of drug-likeness (QED) is 0.553. The maximum atomic E-state index is 11.2. The summed E-state index contributed by atoms with van der Waals surface area (Å²) in [5.74, 6) is -0.696. The number of amides is 2. The van der Waals surface area contributed by atoms with E-state index in [4.69, 9.17) is 4.55 Å². The van der Waals surface area contributed by atoms with Crippen molar-refractivity contribution in [3.63, 3.8) is 0 Å². The molecule has 14 heavy (non-hydrogen) atoms. The predicted octanol–water partition coefficient (Wildman–Crippen LogP) is 0.153. The van der Waals surface area contributed by atoms with Crippen LogP contribution in [0, 0.1) is 0 Å². The van der Waals surface area contributed by atoms with Crippen molar-refractivity contribution < 1.29 is 18.4 Å². The first-order valence-electron chi connectivity index (χ1n) is 3.61. The monoisotopic (exact) mass is 213 g/mol. The summed E-state index contributed by atoms with van der Waals surface area (Å²) < 4.78 is 19.6. The minimum atomic E-state index is -2.24. The summed E-state index contributed by atoms with van der Waals surface area (Å²) >= 11 is -2.24. The largest absolute Gasteiger partial charge is 0.302 e. The second-order valence-corrected chi connectivity index (χ2v) is 3.27. The highest BCUT2D eigenvalue weighted by atomic mass is 32.2. The zero-order valence-electron chi connectivity index (χ0n) is 6.97. The van der Waals surface area contributed by atoms with Crippen molar-refractivity contribution in [2.45, 2.75) is 4.90 Å². The predicted molar refractivity (Wildman–Crippen MR) is 49.0 cm³/mol. The molecule has 6 heteroatoms. The van der Waals surface area contributed by atoms with Crippen molar-refractivity contribution in [2.24, 2.45) is 0 Å². The van der Waals surface area contributed by atoms with E-state index in [9.17, 15) is 13.8 Å². The van der Waals surface area contributed by atoms with Crippen LogP contribution in [0.3, 0.4) is 0 Å². The third-order valence-electron chi connectivity index (χ3n) is 1.51. The van der Waals surface area contributed by atoms with Gasteiger partial charge in [0.15, 0.2) is 11.1 Å². The van der Waals surface area contributed by atoms with Crippen LogP contribution < -0.4 is 5.32 Å². The van der Waals surface area contributed by atoms with E-state index in [0.717, 1.165) is 0 Å². The van der Waals surface area contributed by atoms with Gasteiger partial charge in [0.05, 0.1) is 10.5 Å². The van der Waals surface area contributed by atoms with Crippen LogP contribution in [0.4, 0.5) is 0 Å². The van der Waals surface area contributed by atoms with Crippen molar-refractivity contribution in [2.75, 3.05) is 0 Å². The lowest BCUT2D eigenvalue weighted by Crippen LogP contribution is -2.22. The second kappa shape index (κ2) is 4.64. The van der Waals surface area contributed by atoms with E-state index < -0.39 is 17.0 Å². The average Bonchev–Trinajstić information content (AvgIpc) is 2.18. The van der Waals surface area contributed by atoms with Gasteiger partial charge in [-0.3, -0.25) is 14.9 Å². The van der Waals surface area contributed by atoms with Gasteiger partial charge in [-0.1, -0.05) is 12.1 Å². The number of rotatable bonds is 3. The minimum absolute atomic E-state index is 0.0143. The second-order valence-electron chi connectivity index (χ2n) is 2.34. The summed E-state index contributed by atoms with van der Waals surface area (Å²) in [5.41, 5.74) is 0.0143. The van der Waals surface area contributed by atoms with Crippen molar-refractivity contribution in [1.82, 2.24) is 5.32 Å². The summed E-state index contributed by atoms with van der Waals surface area (Å²) in [4.78, 5) is 21.2. The molecule has 0 aliphatic carbocycles. The molecular formula is C8H7NO4S. The Morgan fingerprint density at radius 2 is 2.07 bits per heavy atom. The van der Waals surface area contributed by atoms with Gasteiger partial charge < -0.3 is 4.55 Å². The molecule has 0 aliphatic rings. The van der Waals surface area contributed by atoms with Gasteiger partial charge in [-0.2, -0.15) is 0 Å². The smallest absolute Gasteiger partial charge is 0.258 e. The van der Waals surface area contributed by atoms with Gasteiger partial charge in [-0.15, -0.1) is 0 Å². The molecule has 0 saturated heterocycles. The Kier molecular flexibility index (Phi) is 3.49. The number of benzene rings is 1. The number of carbonyl (C=O) groups excluding carboxylic acids is 2. The van der Waals surface area contributed by atoms with Crippen molar-refractivity contribution in [3.05, 3.63) is 29.8 Å². The van der Waals surface area contributed by atoms with Crippen LogP contribution in [0.1, 0.15) is 10.4 Å². The van der Waals surface area contributed by atoms with Gasteiger partial charge in [0.2, 0.25) is 6.41 Å². The number of nitrogens with one attached hydrogen (secondary N) is 1. The highest BCUT2D eigenvalue weighted by Crippen LogP contribution is 2.11. The fraction of sp³-hybridized carbons (Fsp3) is 0. The Morgan fingerprint density at radius 3 is 2.64 bits per heavy atom. The van der Waals surface area contributed by atoms with E-state index >= 15 is 0 Å². The molecule has 0 saturated carbocycles. The van der Waals surface area contributed by atoms with E-state index in [1.54, 1.807) is 0 Å². The Morgan fingerprint density at radius 1 is 1.43 bits per heavy atom. The van der Waals surface area contributed by atoms with Crippen molar-refractivity contribution in [3.8, 4) is 0 Å². The molecule has 1 rings (SSSR count). The van der Waals surface area contributed by atoms with Gasteiger partial charge in [0, 0.05) is 0 Å². The molecular weight excluding hydrogens is 206 g/mol. The minimum Gasteiger partial charge on any atom is -0.302 e. The summed E-state index contributed by atoms with van der Waals surface area (Å²) in [6, 6.07) is 5.77. The molecule has 0 aliphatic heterocycles. The molecule has 1 atom stereocenters. The van der Waals surface area contributed by atoms with E-state index in [-0.39, 0.29) is 16.9 Å². The lowest BCUT2D eigenvalue weighted by Gasteiger charge is -2.02. The molecule has 0 fully saturated rings. The van der Waals surface area contributed by atoms with Gasteiger partial charge in [-0.25, -0.2) is 4.21 Å². The highest BCUT2D eigenvalue weighted by molar-refractivity contribution is 7.79. The number of hydrogen-bond acceptors (Lipinski definition) is 3. The SMILES string of the molecule is O=CNC(=O)c1ccccc1S(=O)O. The summed E-state index contributed by atoms with van der Waals surface area (Å²) in [6.07, 6.45) is 0.222. The lowest BCUT2D eigenvalue weighted by atomic mass is 10.2. The Balaban J connectivity index is 3.12. The fourth-order valence-electron chi connectivity index (χ4n) is 0.938. The standard InChI is InChI=1S/C8H7NO4S/c10-5-9-8(11)6-3-1-2-4-7(6)14(12)13/h1-5H,(H,12,13)(H,9,10,11). The molecule has 1 aromatic rings. The van der Waals surface area contributed by atoms with E-state index in [1.807, 2.05) is 5.32 Å². The van der Waals surface area contributed by atoms with E-state index in [0.29, 0.717) is 0 Å². The molecule has 1 aromatic carbocycles. The first kappa shape index (κ1) is 10.6. The zero-order valence-corrected chi connectivity index (χ0v) is 7.78. The molecule has 74 valence electrons. The van der Waals surface area contributed by atoms with Crippen LogP contribution in [0.15, 0.2) is 29.2 Å². The van der Waals surface area contributed by atoms with Gasteiger partial charge in [0.25, 0.3) is 5.91 Å². The van der Waals surface area contributed by atoms with E-state index in [1.165, 1.54) is 24.3 Å². The van der Waals surface area contributed by atoms with Gasteiger partial charge >= 0.3 is 0 Å². The van der Waals surface area contributed by atoms with Crippen LogP contribution in [0.25, 0.3) is 0 Å². The first-order chi connectivity index (χ1) is 6.66. The molecule has 5 nitrogen and oxygen atoms in total. The van der Waals surface area contributed by atoms with Crippen LogP contribution in [-0.4, -0.2) is 21.1 Å². The number of carbonyl (C=O) groups is 2. The Bertz CT molecular complexity index is 391. The topological polar surface area (TPSA) is 83.5 Å². The summed E-state index contributed by atoms with van der Waals surface area (Å²) in [6.45, 7) is 0. The third-order valence-corrected chi connectivity index (χ3v) is 2.24. The average molecular weight is 213 g/mol. The Labute approximate surface area is 82.4 Å². The molecule has 0 aromatic heterocycles. The summed E-state index contributed by atoms with van der Waals surface area (Å²) in [7, 11) is 0. The molecule has 1 unspecified atom stereocenters. The molecule has 0 bridgehead atoms. The number of imide groups is 1. The van der Waals surface area contributed by atoms with E-state index in [2.05, 4.69) is 0 Å². The van der Waals surface area contributed by atoms with Gasteiger partial charge in [-0.05, 0) is 12.1 Å².